The molecule has 1 saturated heterocycles. The second-order valence-electron chi connectivity index (χ2n) is 5.13. The third-order valence-corrected chi connectivity index (χ3v) is 3.71. The summed E-state index contributed by atoms with van der Waals surface area (Å²) < 4.78 is 16.2. The molecule has 22 heavy (non-hydrogen) atoms. The second-order valence-corrected chi connectivity index (χ2v) is 5.70. The topological polar surface area (TPSA) is 48.0 Å². The van der Waals surface area contributed by atoms with Crippen LogP contribution in [0.25, 0.3) is 0 Å². The van der Waals surface area contributed by atoms with Crippen molar-refractivity contribution in [1.82, 2.24) is 4.90 Å². The maximum absolute atomic E-state index is 12.2. The van der Waals surface area contributed by atoms with E-state index < -0.39 is 0 Å². The van der Waals surface area contributed by atoms with E-state index in [4.69, 9.17) is 26.4 Å². The van der Waals surface area contributed by atoms with Crippen LogP contribution in [0.4, 0.5) is 0 Å². The first kappa shape index (κ1) is 16.5. The minimum atomic E-state index is -0.0460. The first-order valence-corrected chi connectivity index (χ1v) is 7.71. The molecule has 0 bridgehead atoms. The van der Waals surface area contributed by atoms with E-state index in [0.29, 0.717) is 23.2 Å². The zero-order valence-corrected chi connectivity index (χ0v) is 13.7. The fourth-order valence-electron chi connectivity index (χ4n) is 2.51. The molecule has 0 spiro atoms. The number of rotatable bonds is 6. The van der Waals surface area contributed by atoms with Gasteiger partial charge in [-0.1, -0.05) is 12.1 Å². The molecule has 1 aromatic rings. The number of benzene rings is 1. The van der Waals surface area contributed by atoms with Crippen molar-refractivity contribution < 1.29 is 19.0 Å². The average molecular weight is 323 g/mol. The van der Waals surface area contributed by atoms with Gasteiger partial charge in [0.1, 0.15) is 6.61 Å². The van der Waals surface area contributed by atoms with Crippen molar-refractivity contribution in [3.05, 3.63) is 24.3 Å². The van der Waals surface area contributed by atoms with Crippen molar-refractivity contribution in [2.45, 2.75) is 25.8 Å². The Morgan fingerprint density at radius 3 is 2.77 bits per heavy atom. The quantitative estimate of drug-likeness (QED) is 0.753. The van der Waals surface area contributed by atoms with Crippen LogP contribution in [0.15, 0.2) is 24.3 Å². The summed E-state index contributed by atoms with van der Waals surface area (Å²) in [6.07, 6.45) is 1.90. The Morgan fingerprint density at radius 1 is 1.36 bits per heavy atom. The maximum atomic E-state index is 12.2. The fourth-order valence-corrected chi connectivity index (χ4v) is 2.57. The van der Waals surface area contributed by atoms with E-state index >= 15 is 0 Å². The largest absolute Gasteiger partial charge is 0.493 e. The van der Waals surface area contributed by atoms with Gasteiger partial charge in [-0.25, -0.2) is 0 Å². The smallest absolute Gasteiger partial charge is 0.260 e. The number of methoxy groups -OCH3 is 1. The van der Waals surface area contributed by atoms with Crippen LogP contribution in [0.1, 0.15) is 19.8 Å². The Bertz CT molecular complexity index is 535. The van der Waals surface area contributed by atoms with Gasteiger partial charge in [-0.3, -0.25) is 4.79 Å². The molecule has 0 N–H and O–H groups in total. The Kier molecular flexibility index (Phi) is 6.00. The molecule has 1 aliphatic heterocycles. The molecule has 0 radical (unpaired) electrons. The highest BCUT2D eigenvalue weighted by molar-refractivity contribution is 7.80. The van der Waals surface area contributed by atoms with Crippen molar-refractivity contribution in [2.24, 2.45) is 0 Å². The summed E-state index contributed by atoms with van der Waals surface area (Å²) in [4.78, 5) is 14.0. The van der Waals surface area contributed by atoms with Crippen LogP contribution in [0.5, 0.6) is 11.5 Å². The van der Waals surface area contributed by atoms with Crippen molar-refractivity contribution in [3.8, 4) is 11.5 Å². The molecule has 2 rings (SSSR count). The molecule has 6 heteroatoms. The number of hydrogen-bond acceptors (Lipinski definition) is 5. The lowest BCUT2D eigenvalue weighted by atomic mass is 10.2. The molecular formula is C16H21NO4S. The molecule has 1 aliphatic rings. The van der Waals surface area contributed by atoms with Crippen LogP contribution >= 0.6 is 12.2 Å². The lowest BCUT2D eigenvalue weighted by molar-refractivity contribution is -0.135. The third kappa shape index (κ3) is 4.34. The van der Waals surface area contributed by atoms with Crippen LogP contribution in [-0.4, -0.2) is 48.8 Å². The molecule has 5 nitrogen and oxygen atoms in total. The SMILES string of the molecule is COc1ccccc1OC[C@H]1CCCN1C(=O)COC(C)=S. The number of ether oxygens (including phenoxy) is 3. The molecule has 0 aliphatic carbocycles. The number of carbonyl (C=O) groups excluding carboxylic acids is 1. The van der Waals surface area contributed by atoms with Crippen LogP contribution in [0.3, 0.4) is 0 Å². The molecule has 0 aromatic heterocycles. The molecule has 1 aromatic carbocycles. The normalized spacial score (nSPS) is 17.2. The van der Waals surface area contributed by atoms with E-state index in [1.807, 2.05) is 29.2 Å². The lowest BCUT2D eigenvalue weighted by Crippen LogP contribution is -2.41. The van der Waals surface area contributed by atoms with Crippen molar-refractivity contribution in [1.29, 1.82) is 0 Å². The highest BCUT2D eigenvalue weighted by atomic mass is 32.1. The summed E-state index contributed by atoms with van der Waals surface area (Å²) in [5.74, 6) is 1.34. The maximum Gasteiger partial charge on any atom is 0.260 e. The highest BCUT2D eigenvalue weighted by Crippen LogP contribution is 2.27. The van der Waals surface area contributed by atoms with Gasteiger partial charge in [0, 0.05) is 13.5 Å². The molecule has 1 amide bonds. The van der Waals surface area contributed by atoms with Gasteiger partial charge in [0.15, 0.2) is 23.2 Å². The Morgan fingerprint density at radius 2 is 2.09 bits per heavy atom. The molecular weight excluding hydrogens is 302 g/mol. The van der Waals surface area contributed by atoms with Gasteiger partial charge in [0.2, 0.25) is 0 Å². The van der Waals surface area contributed by atoms with Crippen LogP contribution in [0.2, 0.25) is 0 Å². The number of carbonyl (C=O) groups is 1. The van der Waals surface area contributed by atoms with Gasteiger partial charge in [-0.15, -0.1) is 0 Å². The number of amides is 1. The summed E-state index contributed by atoms with van der Waals surface area (Å²) in [6, 6.07) is 7.56. The van der Waals surface area contributed by atoms with E-state index in [0.717, 1.165) is 19.4 Å². The highest BCUT2D eigenvalue weighted by Gasteiger charge is 2.29. The zero-order chi connectivity index (χ0) is 15.9. The Balaban J connectivity index is 1.91. The third-order valence-electron chi connectivity index (χ3n) is 3.60. The second kappa shape index (κ2) is 7.98. The molecule has 0 unspecified atom stereocenters. The summed E-state index contributed by atoms with van der Waals surface area (Å²) in [5.41, 5.74) is 0. The summed E-state index contributed by atoms with van der Waals surface area (Å²) in [5, 5.41) is 0.384. The average Bonchev–Trinajstić information content (AvgIpc) is 2.99. The Hall–Kier alpha value is -1.82. The molecule has 1 fully saturated rings. The molecule has 0 saturated carbocycles. The minimum absolute atomic E-state index is 0.000488. The number of likely N-dealkylation sites (tertiary alicyclic amines) is 1. The first-order valence-electron chi connectivity index (χ1n) is 7.30. The molecule has 1 heterocycles. The van der Waals surface area contributed by atoms with E-state index in [1.54, 1.807) is 14.0 Å². The number of thiocarbonyl (C=S) groups is 1. The predicted octanol–water partition coefficient (Wildman–Crippen LogP) is 2.43. The van der Waals surface area contributed by atoms with Crippen LogP contribution < -0.4 is 9.47 Å². The number of nitrogens with zero attached hydrogens (tertiary/aromatic N) is 1. The molecule has 120 valence electrons. The van der Waals surface area contributed by atoms with Crippen molar-refractivity contribution in [2.75, 3.05) is 26.9 Å². The van der Waals surface area contributed by atoms with E-state index in [2.05, 4.69) is 0 Å². The van der Waals surface area contributed by atoms with Crippen LogP contribution in [-0.2, 0) is 9.53 Å². The van der Waals surface area contributed by atoms with Gasteiger partial charge in [0.25, 0.3) is 5.91 Å². The van der Waals surface area contributed by atoms with Crippen LogP contribution in [0, 0.1) is 0 Å². The number of hydrogen-bond donors (Lipinski definition) is 0. The van der Waals surface area contributed by atoms with Gasteiger partial charge < -0.3 is 19.1 Å². The monoisotopic (exact) mass is 323 g/mol. The number of para-hydroxylation sites is 2. The summed E-state index contributed by atoms with van der Waals surface area (Å²) >= 11 is 4.83. The predicted molar refractivity (Wildman–Crippen MR) is 87.4 cm³/mol. The fraction of sp³-hybridized carbons (Fsp3) is 0.500. The van der Waals surface area contributed by atoms with Gasteiger partial charge in [-0.2, -0.15) is 0 Å². The van der Waals surface area contributed by atoms with Crippen molar-refractivity contribution in [3.63, 3.8) is 0 Å². The zero-order valence-electron chi connectivity index (χ0n) is 12.9. The summed E-state index contributed by atoms with van der Waals surface area (Å²) in [7, 11) is 1.61. The lowest BCUT2D eigenvalue weighted by Gasteiger charge is -2.25. The molecule has 1 atom stereocenters. The van der Waals surface area contributed by atoms with Gasteiger partial charge >= 0.3 is 0 Å². The standard InChI is InChI=1S/C16H21NO4S/c1-12(22)20-11-16(18)17-9-5-6-13(17)10-21-15-8-4-3-7-14(15)19-2/h3-4,7-8,13H,5-6,9-11H2,1-2H3/t13-/m1/s1. The van der Waals surface area contributed by atoms with Gasteiger partial charge in [0.05, 0.1) is 13.2 Å². The van der Waals surface area contributed by atoms with E-state index in [9.17, 15) is 4.79 Å². The minimum Gasteiger partial charge on any atom is -0.493 e. The summed E-state index contributed by atoms with van der Waals surface area (Å²) in [6.45, 7) is 2.84. The van der Waals surface area contributed by atoms with Crippen molar-refractivity contribution >= 4 is 23.2 Å². The van der Waals surface area contributed by atoms with E-state index in [-0.39, 0.29) is 18.6 Å². The Labute approximate surface area is 136 Å². The van der Waals surface area contributed by atoms with Gasteiger partial charge in [-0.05, 0) is 37.2 Å². The first-order chi connectivity index (χ1) is 10.6. The van der Waals surface area contributed by atoms with E-state index in [1.165, 1.54) is 0 Å².